The van der Waals surface area contributed by atoms with Crippen LogP contribution in [0.1, 0.15) is 32.6 Å². The van der Waals surface area contributed by atoms with Crippen molar-refractivity contribution in [3.8, 4) is 0 Å². The second kappa shape index (κ2) is 5.99. The van der Waals surface area contributed by atoms with Crippen molar-refractivity contribution < 1.29 is 0 Å². The van der Waals surface area contributed by atoms with Gasteiger partial charge in [0, 0.05) is 25.2 Å². The Bertz CT molecular complexity index is 207. The quantitative estimate of drug-likeness (QED) is 0.708. The summed E-state index contributed by atoms with van der Waals surface area (Å²) < 4.78 is 0. The van der Waals surface area contributed by atoms with Crippen LogP contribution in [0.25, 0.3) is 0 Å². The van der Waals surface area contributed by atoms with E-state index in [1.807, 2.05) is 7.05 Å². The fraction of sp³-hybridized carbons (Fsp3) is 1.00. The van der Waals surface area contributed by atoms with E-state index in [9.17, 15) is 0 Å². The van der Waals surface area contributed by atoms with Gasteiger partial charge in [0.1, 0.15) is 0 Å². The Morgan fingerprint density at radius 1 is 1.25 bits per heavy atom. The Labute approximate surface area is 100 Å². The van der Waals surface area contributed by atoms with Gasteiger partial charge in [-0.25, -0.2) is 0 Å². The summed E-state index contributed by atoms with van der Waals surface area (Å²) in [5.41, 5.74) is 0. The lowest BCUT2D eigenvalue weighted by Gasteiger charge is -2.42. The van der Waals surface area contributed by atoms with Crippen molar-refractivity contribution in [1.29, 1.82) is 0 Å². The van der Waals surface area contributed by atoms with Crippen LogP contribution in [-0.2, 0) is 0 Å². The Morgan fingerprint density at radius 2 is 2.12 bits per heavy atom. The van der Waals surface area contributed by atoms with Gasteiger partial charge < -0.3 is 5.32 Å². The highest BCUT2D eigenvalue weighted by Crippen LogP contribution is 2.24. The van der Waals surface area contributed by atoms with E-state index in [2.05, 4.69) is 22.0 Å². The van der Waals surface area contributed by atoms with Gasteiger partial charge in [-0.05, 0) is 59.3 Å². The van der Waals surface area contributed by atoms with Gasteiger partial charge in [-0.1, -0.05) is 0 Å². The van der Waals surface area contributed by atoms with E-state index in [0.717, 1.165) is 18.6 Å². The molecule has 94 valence electrons. The molecule has 0 radical (unpaired) electrons. The van der Waals surface area contributed by atoms with Crippen molar-refractivity contribution in [2.75, 3.05) is 39.8 Å². The highest BCUT2D eigenvalue weighted by molar-refractivity contribution is 4.90. The smallest absolute Gasteiger partial charge is 0.0224 e. The maximum absolute atomic E-state index is 3.23. The van der Waals surface area contributed by atoms with Crippen LogP contribution in [0.15, 0.2) is 0 Å². The summed E-state index contributed by atoms with van der Waals surface area (Å²) in [6.45, 7) is 8.83. The molecule has 2 fully saturated rings. The fourth-order valence-corrected chi connectivity index (χ4v) is 3.18. The molecule has 2 atom stereocenters. The molecule has 0 aromatic heterocycles. The van der Waals surface area contributed by atoms with Gasteiger partial charge in [0.2, 0.25) is 0 Å². The molecule has 2 aliphatic heterocycles. The topological polar surface area (TPSA) is 18.5 Å². The first-order valence-corrected chi connectivity index (χ1v) is 6.94. The molecule has 0 aromatic carbocycles. The SMILES string of the molecule is CNCCCCN1CC2CCCN2CC1C. The van der Waals surface area contributed by atoms with Gasteiger partial charge in [-0.3, -0.25) is 9.80 Å². The van der Waals surface area contributed by atoms with Gasteiger partial charge in [-0.2, -0.15) is 0 Å². The summed E-state index contributed by atoms with van der Waals surface area (Å²) in [6, 6.07) is 1.64. The van der Waals surface area contributed by atoms with Crippen molar-refractivity contribution in [1.82, 2.24) is 15.1 Å². The average molecular weight is 225 g/mol. The summed E-state index contributed by atoms with van der Waals surface area (Å²) in [5, 5.41) is 3.23. The van der Waals surface area contributed by atoms with Crippen LogP contribution >= 0.6 is 0 Å². The fourth-order valence-electron chi connectivity index (χ4n) is 3.18. The lowest BCUT2D eigenvalue weighted by atomic mass is 10.1. The van der Waals surface area contributed by atoms with Gasteiger partial charge in [-0.15, -0.1) is 0 Å². The molecular formula is C13H27N3. The first-order valence-electron chi connectivity index (χ1n) is 6.94. The van der Waals surface area contributed by atoms with Crippen LogP contribution in [0.2, 0.25) is 0 Å². The lowest BCUT2D eigenvalue weighted by molar-refractivity contribution is 0.0585. The number of hydrogen-bond acceptors (Lipinski definition) is 3. The van der Waals surface area contributed by atoms with Crippen LogP contribution in [0, 0.1) is 0 Å². The molecule has 0 aromatic rings. The molecule has 0 spiro atoms. The number of unbranched alkanes of at least 4 members (excludes halogenated alkanes) is 1. The van der Waals surface area contributed by atoms with Crippen molar-refractivity contribution in [3.05, 3.63) is 0 Å². The van der Waals surface area contributed by atoms with Crippen molar-refractivity contribution in [2.45, 2.75) is 44.7 Å². The van der Waals surface area contributed by atoms with Crippen molar-refractivity contribution in [2.24, 2.45) is 0 Å². The molecule has 0 amide bonds. The minimum Gasteiger partial charge on any atom is -0.320 e. The number of nitrogens with one attached hydrogen (secondary N) is 1. The number of rotatable bonds is 5. The van der Waals surface area contributed by atoms with E-state index in [1.54, 1.807) is 0 Å². The number of piperazine rings is 1. The summed E-state index contributed by atoms with van der Waals surface area (Å²) in [6.07, 6.45) is 5.51. The van der Waals surface area contributed by atoms with E-state index in [1.165, 1.54) is 51.9 Å². The summed E-state index contributed by atoms with van der Waals surface area (Å²) in [7, 11) is 2.04. The third kappa shape index (κ3) is 2.96. The molecule has 2 saturated heterocycles. The Kier molecular flexibility index (Phi) is 4.62. The van der Waals surface area contributed by atoms with Gasteiger partial charge in [0.25, 0.3) is 0 Å². The number of fused-ring (bicyclic) bond motifs is 1. The Hall–Kier alpha value is -0.120. The number of hydrogen-bond donors (Lipinski definition) is 1. The minimum atomic E-state index is 0.768. The van der Waals surface area contributed by atoms with Crippen LogP contribution in [0.5, 0.6) is 0 Å². The third-order valence-electron chi connectivity index (χ3n) is 4.19. The standard InChI is InChI=1S/C13H27N3/c1-12-10-16-9-5-6-13(16)11-15(12)8-4-3-7-14-2/h12-14H,3-11H2,1-2H3. The Balaban J connectivity index is 1.72. The van der Waals surface area contributed by atoms with Crippen molar-refractivity contribution in [3.63, 3.8) is 0 Å². The molecule has 0 bridgehead atoms. The Morgan fingerprint density at radius 3 is 2.94 bits per heavy atom. The molecule has 2 aliphatic rings. The van der Waals surface area contributed by atoms with Crippen molar-refractivity contribution >= 4 is 0 Å². The molecular weight excluding hydrogens is 198 g/mol. The zero-order valence-electron chi connectivity index (χ0n) is 10.9. The molecule has 3 heteroatoms. The van der Waals surface area contributed by atoms with Crippen LogP contribution in [-0.4, -0.2) is 61.7 Å². The third-order valence-corrected chi connectivity index (χ3v) is 4.19. The predicted molar refractivity (Wildman–Crippen MR) is 68.8 cm³/mol. The van der Waals surface area contributed by atoms with E-state index >= 15 is 0 Å². The molecule has 2 heterocycles. The summed E-state index contributed by atoms with van der Waals surface area (Å²) in [5.74, 6) is 0. The van der Waals surface area contributed by atoms with Crippen LogP contribution < -0.4 is 5.32 Å². The largest absolute Gasteiger partial charge is 0.320 e. The second-order valence-corrected chi connectivity index (χ2v) is 5.45. The molecule has 0 aliphatic carbocycles. The zero-order chi connectivity index (χ0) is 11.4. The lowest BCUT2D eigenvalue weighted by Crippen LogP contribution is -2.55. The molecule has 3 nitrogen and oxygen atoms in total. The first kappa shape index (κ1) is 12.3. The van der Waals surface area contributed by atoms with Crippen LogP contribution in [0.4, 0.5) is 0 Å². The van der Waals surface area contributed by atoms with Gasteiger partial charge in [0.15, 0.2) is 0 Å². The van der Waals surface area contributed by atoms with Crippen LogP contribution in [0.3, 0.4) is 0 Å². The highest BCUT2D eigenvalue weighted by Gasteiger charge is 2.33. The first-order chi connectivity index (χ1) is 7.81. The molecule has 2 unspecified atom stereocenters. The normalized spacial score (nSPS) is 31.9. The molecule has 1 N–H and O–H groups in total. The second-order valence-electron chi connectivity index (χ2n) is 5.45. The van der Waals surface area contributed by atoms with E-state index in [-0.39, 0.29) is 0 Å². The molecule has 16 heavy (non-hydrogen) atoms. The van der Waals surface area contributed by atoms with E-state index in [0.29, 0.717) is 0 Å². The van der Waals surface area contributed by atoms with E-state index in [4.69, 9.17) is 0 Å². The number of nitrogens with zero attached hydrogens (tertiary/aromatic N) is 2. The monoisotopic (exact) mass is 225 g/mol. The van der Waals surface area contributed by atoms with Gasteiger partial charge in [0.05, 0.1) is 0 Å². The minimum absolute atomic E-state index is 0.768. The predicted octanol–water partition coefficient (Wildman–Crippen LogP) is 1.15. The maximum Gasteiger partial charge on any atom is 0.0224 e. The zero-order valence-corrected chi connectivity index (χ0v) is 10.9. The van der Waals surface area contributed by atoms with E-state index < -0.39 is 0 Å². The average Bonchev–Trinajstić information content (AvgIpc) is 2.71. The molecule has 0 saturated carbocycles. The maximum atomic E-state index is 3.23. The highest BCUT2D eigenvalue weighted by atomic mass is 15.3. The van der Waals surface area contributed by atoms with Gasteiger partial charge >= 0.3 is 0 Å². The summed E-state index contributed by atoms with van der Waals surface area (Å²) >= 11 is 0. The molecule has 2 rings (SSSR count). The summed E-state index contributed by atoms with van der Waals surface area (Å²) in [4.78, 5) is 5.41.